The van der Waals surface area contributed by atoms with Crippen LogP contribution in [-0.4, -0.2) is 81.3 Å². The molecule has 340 valence electrons. The van der Waals surface area contributed by atoms with E-state index in [0.29, 0.717) is 26.1 Å². The number of carbonyl (C=O) groups excluding carboxylic acids is 4. The molecule has 4 heterocycles. The van der Waals surface area contributed by atoms with Crippen molar-refractivity contribution >= 4 is 29.8 Å². The Morgan fingerprint density at radius 2 is 0.803 bits per heavy atom. The van der Waals surface area contributed by atoms with Gasteiger partial charge in [-0.15, -0.1) is 6.58 Å². The van der Waals surface area contributed by atoms with Crippen molar-refractivity contribution in [2.45, 2.75) is 101 Å². The van der Waals surface area contributed by atoms with Gasteiger partial charge in [-0.05, 0) is 96.0 Å². The smallest absolute Gasteiger partial charge is 0.320 e. The fourth-order valence-corrected chi connectivity index (χ4v) is 3.23. The monoisotopic (exact) mass is 853 g/mol. The van der Waals surface area contributed by atoms with Crippen LogP contribution in [-0.2, 0) is 42.9 Å². The van der Waals surface area contributed by atoms with Gasteiger partial charge in [-0.25, -0.2) is 0 Å². The number of hydrogen-bond acceptors (Lipinski definition) is 13. The quantitative estimate of drug-likeness (QED) is 0.0578. The van der Waals surface area contributed by atoms with Gasteiger partial charge in [0.05, 0.1) is 26.4 Å². The Labute approximate surface area is 365 Å². The van der Waals surface area contributed by atoms with Gasteiger partial charge in [0.2, 0.25) is 0 Å². The van der Waals surface area contributed by atoms with Gasteiger partial charge in [0.15, 0.2) is 5.92 Å². The van der Waals surface area contributed by atoms with Crippen LogP contribution in [0.15, 0.2) is 135 Å². The van der Waals surface area contributed by atoms with E-state index in [1.54, 1.807) is 83.3 Å². The van der Waals surface area contributed by atoms with Crippen LogP contribution < -0.4 is 0 Å². The molecule has 0 amide bonds. The van der Waals surface area contributed by atoms with Gasteiger partial charge in [-0.3, -0.25) is 43.9 Å². The van der Waals surface area contributed by atoms with E-state index in [1.165, 1.54) is 0 Å². The lowest BCUT2D eigenvalue weighted by molar-refractivity contribution is -0.162. The minimum atomic E-state index is -0.750. The predicted molar refractivity (Wildman–Crippen MR) is 241 cm³/mol. The first-order chi connectivity index (χ1) is 29.6. The first kappa shape index (κ1) is 63.8. The summed E-state index contributed by atoms with van der Waals surface area (Å²) in [7, 11) is 0. The molecule has 0 bridgehead atoms. The molecule has 0 saturated carbocycles. The standard InChI is InChI=1S/C10H18O4.C7H12O4.4C5H5N.C5H10O2.C3H6.C2H6/c1-4-7-8(9(11)13-5-2)10(12)14-6-3;1-3-10-6(8)5-7(9)11-4-2;4*1-2-4-6-5-3-1;1-2-3-4-5(6)7;1-3-2;1-2/h8H,4-7H2,1-3H3;3-5H2,1-2H3;4*1-5H;2-4H2,1H3,(H,6,7);3H,1H2,2H3;1-2H3. The summed E-state index contributed by atoms with van der Waals surface area (Å²) in [4.78, 5) is 68.8. The molecule has 0 aliphatic carbocycles. The zero-order chi connectivity index (χ0) is 47.0. The van der Waals surface area contributed by atoms with E-state index in [1.807, 2.05) is 107 Å². The number of carboxylic acid groups (broad SMARTS) is 1. The first-order valence-corrected chi connectivity index (χ1v) is 20.4. The highest BCUT2D eigenvalue weighted by molar-refractivity contribution is 5.94. The zero-order valence-electron chi connectivity index (χ0n) is 37.9. The molecule has 0 aromatic carbocycles. The van der Waals surface area contributed by atoms with Crippen LogP contribution in [0.2, 0.25) is 0 Å². The van der Waals surface area contributed by atoms with Crippen molar-refractivity contribution in [2.24, 2.45) is 5.92 Å². The Bertz CT molecular complexity index is 1210. The molecule has 0 fully saturated rings. The number of allylic oxidation sites excluding steroid dienone is 1. The molecule has 61 heavy (non-hydrogen) atoms. The van der Waals surface area contributed by atoms with Crippen molar-refractivity contribution in [3.8, 4) is 0 Å². The number of carboxylic acids is 1. The summed E-state index contributed by atoms with van der Waals surface area (Å²) in [5, 5.41) is 8.04. The third-order valence-corrected chi connectivity index (χ3v) is 5.63. The SMILES string of the molecule is C=CC.CC.CCCC(C(=O)OCC)C(=O)OCC.CCCCC(=O)O.CCOC(=O)CC(=O)OCC.c1ccncc1.c1ccncc1.c1ccncc1.c1ccncc1. The van der Waals surface area contributed by atoms with Crippen molar-refractivity contribution in [3.63, 3.8) is 0 Å². The average Bonchev–Trinajstić information content (AvgIpc) is 3.30. The summed E-state index contributed by atoms with van der Waals surface area (Å²) in [6.07, 6.45) is 18.8. The van der Waals surface area contributed by atoms with Crippen LogP contribution in [0.25, 0.3) is 0 Å². The summed E-state index contributed by atoms with van der Waals surface area (Å²) >= 11 is 0. The van der Waals surface area contributed by atoms with E-state index in [2.05, 4.69) is 36.0 Å². The van der Waals surface area contributed by atoms with Crippen molar-refractivity contribution in [2.75, 3.05) is 26.4 Å². The lowest BCUT2D eigenvalue weighted by atomic mass is 10.0. The molecular formula is C47H72N4O10. The Hall–Kier alpha value is -6.31. The van der Waals surface area contributed by atoms with Gasteiger partial charge in [-0.2, -0.15) is 0 Å². The molecule has 4 rings (SSSR count). The van der Waals surface area contributed by atoms with Crippen molar-refractivity contribution in [1.82, 2.24) is 19.9 Å². The summed E-state index contributed by atoms with van der Waals surface area (Å²) in [5.41, 5.74) is 0. The summed E-state index contributed by atoms with van der Waals surface area (Å²) in [6, 6.07) is 22.9. The Morgan fingerprint density at radius 3 is 0.951 bits per heavy atom. The second-order valence-corrected chi connectivity index (χ2v) is 10.6. The number of ether oxygens (including phenoxy) is 4. The molecule has 0 aliphatic heterocycles. The van der Waals surface area contributed by atoms with Gasteiger partial charge in [0.1, 0.15) is 6.42 Å². The molecule has 14 nitrogen and oxygen atoms in total. The van der Waals surface area contributed by atoms with Gasteiger partial charge in [0, 0.05) is 56.0 Å². The van der Waals surface area contributed by atoms with Crippen molar-refractivity contribution in [3.05, 3.63) is 135 Å². The maximum atomic E-state index is 11.3. The molecule has 0 saturated heterocycles. The van der Waals surface area contributed by atoms with E-state index >= 15 is 0 Å². The molecule has 1 N–H and O–H groups in total. The molecular weight excluding hydrogens is 781 g/mol. The second kappa shape index (κ2) is 58.0. The lowest BCUT2D eigenvalue weighted by Gasteiger charge is -2.12. The van der Waals surface area contributed by atoms with Crippen molar-refractivity contribution < 1.29 is 48.0 Å². The number of nitrogens with zero attached hydrogens (tertiary/aromatic N) is 4. The van der Waals surface area contributed by atoms with Crippen LogP contribution >= 0.6 is 0 Å². The van der Waals surface area contributed by atoms with Crippen molar-refractivity contribution in [1.29, 1.82) is 0 Å². The maximum Gasteiger partial charge on any atom is 0.320 e. The second-order valence-electron chi connectivity index (χ2n) is 10.6. The number of aromatic nitrogens is 4. The molecule has 0 spiro atoms. The van der Waals surface area contributed by atoms with Crippen LogP contribution in [0, 0.1) is 5.92 Å². The summed E-state index contributed by atoms with van der Waals surface area (Å²) in [6.45, 7) is 21.1. The fraction of sp³-hybridized carbons (Fsp3) is 0.426. The maximum absolute atomic E-state index is 11.3. The summed E-state index contributed by atoms with van der Waals surface area (Å²) in [5.74, 6) is -3.47. The highest BCUT2D eigenvalue weighted by Gasteiger charge is 2.28. The zero-order valence-corrected chi connectivity index (χ0v) is 37.9. The van der Waals surface area contributed by atoms with Crippen LogP contribution in [0.1, 0.15) is 101 Å². The molecule has 14 heteroatoms. The van der Waals surface area contributed by atoms with E-state index < -0.39 is 35.8 Å². The van der Waals surface area contributed by atoms with Crippen LogP contribution in [0.4, 0.5) is 0 Å². The fourth-order valence-electron chi connectivity index (χ4n) is 3.23. The third kappa shape index (κ3) is 60.5. The van der Waals surface area contributed by atoms with E-state index in [-0.39, 0.29) is 19.6 Å². The molecule has 0 aliphatic rings. The number of aliphatic carboxylic acids is 1. The first-order valence-electron chi connectivity index (χ1n) is 20.4. The van der Waals surface area contributed by atoms with E-state index in [0.717, 1.165) is 19.3 Å². The molecule has 0 unspecified atom stereocenters. The topological polar surface area (TPSA) is 194 Å². The highest BCUT2D eigenvalue weighted by atomic mass is 16.6. The minimum absolute atomic E-state index is 0.290. The lowest BCUT2D eigenvalue weighted by Crippen LogP contribution is -2.27. The highest BCUT2D eigenvalue weighted by Crippen LogP contribution is 2.11. The number of carbonyl (C=O) groups is 5. The number of pyridine rings is 4. The van der Waals surface area contributed by atoms with Gasteiger partial charge < -0.3 is 24.1 Å². The Balaban J connectivity index is -0.000000201. The largest absolute Gasteiger partial charge is 0.481 e. The molecule has 4 aromatic heterocycles. The Morgan fingerprint density at radius 1 is 0.525 bits per heavy atom. The molecule has 0 atom stereocenters. The number of esters is 4. The number of rotatable bonds is 13. The predicted octanol–water partition coefficient (Wildman–Crippen LogP) is 9.84. The van der Waals surface area contributed by atoms with Crippen LogP contribution in [0.5, 0.6) is 0 Å². The van der Waals surface area contributed by atoms with Gasteiger partial charge in [-0.1, -0.05) is 70.9 Å². The number of hydrogen-bond donors (Lipinski definition) is 1. The van der Waals surface area contributed by atoms with Crippen LogP contribution in [0.3, 0.4) is 0 Å². The molecule has 4 aromatic rings. The summed E-state index contributed by atoms with van der Waals surface area (Å²) < 4.78 is 18.6. The van der Waals surface area contributed by atoms with E-state index in [9.17, 15) is 24.0 Å². The van der Waals surface area contributed by atoms with Gasteiger partial charge >= 0.3 is 29.8 Å². The third-order valence-electron chi connectivity index (χ3n) is 5.63. The Kier molecular flexibility index (Phi) is 60.7. The number of unbranched alkanes of at least 4 members (excludes halogenated alkanes) is 1. The van der Waals surface area contributed by atoms with Gasteiger partial charge in [0.25, 0.3) is 0 Å². The minimum Gasteiger partial charge on any atom is -0.481 e. The molecule has 0 radical (unpaired) electrons. The average molecular weight is 853 g/mol. The normalized spacial score (nSPS) is 8.36. The van der Waals surface area contributed by atoms with E-state index in [4.69, 9.17) is 14.6 Å².